The highest BCUT2D eigenvalue weighted by Gasteiger charge is 2.19. The molecular formula is C48H30O. The second kappa shape index (κ2) is 11.1. The van der Waals surface area contributed by atoms with E-state index in [1.165, 1.54) is 0 Å². The number of benzene rings is 9. The van der Waals surface area contributed by atoms with Crippen molar-refractivity contribution in [3.8, 4) is 44.5 Å². The number of furan rings is 1. The Balaban J connectivity index is 1.33. The van der Waals surface area contributed by atoms with Gasteiger partial charge >= 0.3 is 0 Å². The molecule has 0 bridgehead atoms. The summed E-state index contributed by atoms with van der Waals surface area (Å²) in [4.78, 5) is 0. The van der Waals surface area contributed by atoms with Gasteiger partial charge in [-0.25, -0.2) is 0 Å². The first-order chi connectivity index (χ1) is 29.7. The Morgan fingerprint density at radius 3 is 1.67 bits per heavy atom. The standard InChI is InChI=1S/C48H30O/c1-3-14-31(15-4-1)35-24-13-25-44-48(35)43-27-26-33(30-45(43)49-44)34-28-29-42(37-19-8-7-18-36(34)37)47-40-22-11-9-20-38(40)46(32-16-5-2-6-17-32)39-21-10-12-23-41(39)47/h1-30H/i2D,5D,6D,9D,10D,11D,12D,16D,17D,20D,21D,22D,23D. The minimum absolute atomic E-state index is 0.0778. The molecule has 0 aliphatic heterocycles. The first-order valence-corrected chi connectivity index (χ1v) is 15.8. The van der Waals surface area contributed by atoms with E-state index in [0.717, 1.165) is 44.0 Å². The summed E-state index contributed by atoms with van der Waals surface area (Å²) in [6, 6.07) is 24.7. The Bertz CT molecular complexity index is 3510. The number of rotatable bonds is 4. The minimum atomic E-state index is -0.716. The summed E-state index contributed by atoms with van der Waals surface area (Å²) in [5, 5.41) is 2.48. The molecule has 10 aromatic rings. The van der Waals surface area contributed by atoms with E-state index in [9.17, 15) is 5.48 Å². The van der Waals surface area contributed by atoms with Crippen molar-refractivity contribution >= 4 is 54.3 Å². The summed E-state index contributed by atoms with van der Waals surface area (Å²) < 4.78 is 122. The van der Waals surface area contributed by atoms with Gasteiger partial charge in [0.1, 0.15) is 11.2 Å². The lowest BCUT2D eigenvalue weighted by atomic mass is 9.84. The zero-order chi connectivity index (χ0) is 43.6. The van der Waals surface area contributed by atoms with Crippen molar-refractivity contribution in [1.82, 2.24) is 0 Å². The van der Waals surface area contributed by atoms with Crippen molar-refractivity contribution in [3.63, 3.8) is 0 Å². The van der Waals surface area contributed by atoms with Gasteiger partial charge in [0.15, 0.2) is 0 Å². The third-order valence-corrected chi connectivity index (χ3v) is 9.21. The van der Waals surface area contributed by atoms with Crippen LogP contribution in [-0.4, -0.2) is 0 Å². The van der Waals surface area contributed by atoms with Gasteiger partial charge in [-0.05, 0) is 95.0 Å². The van der Waals surface area contributed by atoms with Crippen molar-refractivity contribution in [1.29, 1.82) is 0 Å². The van der Waals surface area contributed by atoms with Crippen LogP contribution in [0.25, 0.3) is 98.8 Å². The summed E-state index contributed by atoms with van der Waals surface area (Å²) in [6.45, 7) is 0. The zero-order valence-electron chi connectivity index (χ0n) is 38.7. The quantitative estimate of drug-likeness (QED) is 0.175. The lowest BCUT2D eigenvalue weighted by molar-refractivity contribution is 0.669. The Morgan fingerprint density at radius 1 is 0.347 bits per heavy atom. The highest BCUT2D eigenvalue weighted by molar-refractivity contribution is 6.24. The van der Waals surface area contributed by atoms with Crippen LogP contribution < -0.4 is 0 Å². The highest BCUT2D eigenvalue weighted by Crippen LogP contribution is 2.47. The molecular weight excluding hydrogens is 593 g/mol. The number of fused-ring (bicyclic) bond motifs is 6. The van der Waals surface area contributed by atoms with E-state index in [1.54, 1.807) is 12.1 Å². The van der Waals surface area contributed by atoms with Gasteiger partial charge in [0, 0.05) is 10.8 Å². The molecule has 0 spiro atoms. The topological polar surface area (TPSA) is 13.1 Å². The molecule has 0 aliphatic carbocycles. The third kappa shape index (κ3) is 4.33. The van der Waals surface area contributed by atoms with E-state index in [4.69, 9.17) is 16.8 Å². The predicted molar refractivity (Wildman–Crippen MR) is 208 cm³/mol. The van der Waals surface area contributed by atoms with E-state index >= 15 is 0 Å². The fraction of sp³-hybridized carbons (Fsp3) is 0. The highest BCUT2D eigenvalue weighted by atomic mass is 16.3. The lowest BCUT2D eigenvalue weighted by Gasteiger charge is -2.19. The van der Waals surface area contributed by atoms with E-state index < -0.39 is 84.1 Å². The SMILES string of the molecule is [2H]c1c([2H])c([2H])c(-c2c3c([2H])c([2H])c([2H])c([2H])c3c(-c3ccc(-c4ccc5c(c4)oc4cccc(-c6ccccc6)c45)c4ccccc34)c3c([2H])c([2H])c([2H])c([2H])c23)c([2H])c1[2H]. The average molecular weight is 636 g/mol. The minimum Gasteiger partial charge on any atom is -0.456 e. The van der Waals surface area contributed by atoms with Crippen LogP contribution >= 0.6 is 0 Å². The molecule has 0 aliphatic rings. The monoisotopic (exact) mass is 635 g/mol. The normalized spacial score (nSPS) is 15.4. The van der Waals surface area contributed by atoms with E-state index in [1.807, 2.05) is 72.8 Å². The second-order valence-electron chi connectivity index (χ2n) is 11.8. The van der Waals surface area contributed by atoms with E-state index in [0.29, 0.717) is 16.5 Å². The average Bonchev–Trinajstić information content (AvgIpc) is 3.67. The molecule has 0 fully saturated rings. The summed E-state index contributed by atoms with van der Waals surface area (Å²) in [5.41, 5.74) is 4.81. The zero-order valence-corrected chi connectivity index (χ0v) is 25.7. The van der Waals surface area contributed by atoms with Gasteiger partial charge in [-0.2, -0.15) is 0 Å². The first kappa shape index (κ1) is 17.6. The molecule has 0 saturated carbocycles. The Labute approximate surface area is 302 Å². The van der Waals surface area contributed by atoms with Crippen LogP contribution in [0.4, 0.5) is 0 Å². The Hall–Kier alpha value is -6.44. The molecule has 0 unspecified atom stereocenters. The van der Waals surface area contributed by atoms with Gasteiger partial charge in [-0.3, -0.25) is 0 Å². The fourth-order valence-corrected chi connectivity index (χ4v) is 7.14. The van der Waals surface area contributed by atoms with Gasteiger partial charge in [-0.15, -0.1) is 0 Å². The van der Waals surface area contributed by atoms with Crippen LogP contribution in [0.1, 0.15) is 17.8 Å². The molecule has 1 nitrogen and oxygen atoms in total. The summed E-state index contributed by atoms with van der Waals surface area (Å²) >= 11 is 0. The molecule has 1 aromatic heterocycles. The maximum atomic E-state index is 9.38. The Kier molecular flexibility index (Phi) is 3.99. The number of hydrogen-bond donors (Lipinski definition) is 0. The van der Waals surface area contributed by atoms with Crippen LogP contribution in [0, 0.1) is 0 Å². The molecule has 49 heavy (non-hydrogen) atoms. The molecule has 0 saturated heterocycles. The van der Waals surface area contributed by atoms with Crippen LogP contribution in [0.15, 0.2) is 186 Å². The summed E-state index contributed by atoms with van der Waals surface area (Å²) in [7, 11) is 0. The smallest absolute Gasteiger partial charge is 0.136 e. The molecule has 0 amide bonds. The first-order valence-electron chi connectivity index (χ1n) is 22.3. The van der Waals surface area contributed by atoms with Gasteiger partial charge in [0.25, 0.3) is 0 Å². The molecule has 0 radical (unpaired) electrons. The fourth-order valence-electron chi connectivity index (χ4n) is 7.14. The van der Waals surface area contributed by atoms with Crippen LogP contribution in [0.2, 0.25) is 0 Å². The van der Waals surface area contributed by atoms with Crippen LogP contribution in [-0.2, 0) is 0 Å². The van der Waals surface area contributed by atoms with Crippen molar-refractivity contribution < 1.29 is 22.2 Å². The third-order valence-electron chi connectivity index (χ3n) is 9.21. The Morgan fingerprint density at radius 2 is 0.959 bits per heavy atom. The van der Waals surface area contributed by atoms with Crippen molar-refractivity contribution in [2.24, 2.45) is 0 Å². The summed E-state index contributed by atoms with van der Waals surface area (Å²) in [5.74, 6) is 0. The van der Waals surface area contributed by atoms with Crippen LogP contribution in [0.3, 0.4) is 0 Å². The van der Waals surface area contributed by atoms with Gasteiger partial charge < -0.3 is 4.42 Å². The maximum Gasteiger partial charge on any atom is 0.136 e. The summed E-state index contributed by atoms with van der Waals surface area (Å²) in [6.07, 6.45) is 0. The van der Waals surface area contributed by atoms with Gasteiger partial charge in [0.05, 0.1) is 17.8 Å². The molecule has 0 atom stereocenters. The lowest BCUT2D eigenvalue weighted by Crippen LogP contribution is -1.92. The van der Waals surface area contributed by atoms with E-state index in [2.05, 4.69) is 18.2 Å². The van der Waals surface area contributed by atoms with Gasteiger partial charge in [-0.1, -0.05) is 163 Å². The molecule has 0 N–H and O–H groups in total. The van der Waals surface area contributed by atoms with Crippen molar-refractivity contribution in [2.75, 3.05) is 0 Å². The molecule has 1 heteroatoms. The second-order valence-corrected chi connectivity index (χ2v) is 11.8. The number of hydrogen-bond acceptors (Lipinski definition) is 1. The van der Waals surface area contributed by atoms with Crippen molar-refractivity contribution in [3.05, 3.63) is 182 Å². The van der Waals surface area contributed by atoms with Crippen molar-refractivity contribution in [2.45, 2.75) is 0 Å². The van der Waals surface area contributed by atoms with Crippen LogP contribution in [0.5, 0.6) is 0 Å². The molecule has 10 rings (SSSR count). The van der Waals surface area contributed by atoms with Gasteiger partial charge in [0.2, 0.25) is 0 Å². The molecule has 9 aromatic carbocycles. The molecule has 1 heterocycles. The predicted octanol–water partition coefficient (Wildman–Crippen LogP) is 13.7. The largest absolute Gasteiger partial charge is 0.456 e. The maximum absolute atomic E-state index is 9.38. The van der Waals surface area contributed by atoms with E-state index in [-0.39, 0.29) is 32.7 Å². The molecule has 228 valence electrons.